The number of rotatable bonds is 6. The van der Waals surface area contributed by atoms with Crippen molar-refractivity contribution in [2.24, 2.45) is 0 Å². The molecular weight excluding hydrogens is 564 g/mol. The van der Waals surface area contributed by atoms with E-state index in [9.17, 15) is 18.4 Å². The molecule has 3 aromatic carbocycles. The van der Waals surface area contributed by atoms with Crippen LogP contribution in [0, 0.1) is 24.4 Å². The molecule has 6 rings (SSSR count). The summed E-state index contributed by atoms with van der Waals surface area (Å²) in [6, 6.07) is 11.9. The van der Waals surface area contributed by atoms with Crippen molar-refractivity contribution in [1.29, 1.82) is 0 Å². The van der Waals surface area contributed by atoms with Crippen molar-refractivity contribution in [3.05, 3.63) is 107 Å². The van der Waals surface area contributed by atoms with E-state index in [0.29, 0.717) is 5.56 Å². The Kier molecular flexibility index (Phi) is 6.95. The molecule has 1 aliphatic carbocycles. The molecule has 218 valence electrons. The lowest BCUT2D eigenvalue weighted by Crippen LogP contribution is -2.56. The largest absolute Gasteiger partial charge is 0.455 e. The van der Waals surface area contributed by atoms with Crippen LogP contribution in [0.3, 0.4) is 0 Å². The van der Waals surface area contributed by atoms with Gasteiger partial charge in [0, 0.05) is 49.0 Å². The van der Waals surface area contributed by atoms with Crippen molar-refractivity contribution in [3.8, 4) is 22.5 Å². The fraction of sp³-hybridized carbons (Fsp3) is 0.188. The van der Waals surface area contributed by atoms with Gasteiger partial charge in [-0.05, 0) is 72.6 Å². The van der Waals surface area contributed by atoms with Gasteiger partial charge in [-0.25, -0.2) is 27.5 Å². The smallest absolute Gasteiger partial charge is 0.255 e. The number of aromatic nitrogens is 2. The number of fused-ring (bicyclic) bond motifs is 1. The summed E-state index contributed by atoms with van der Waals surface area (Å²) in [5.74, 6) is -3.24. The van der Waals surface area contributed by atoms with Crippen LogP contribution in [0.2, 0.25) is 0 Å². The van der Waals surface area contributed by atoms with Gasteiger partial charge in [0.15, 0.2) is 5.82 Å². The predicted octanol–water partition coefficient (Wildman–Crippen LogP) is 6.40. The highest BCUT2D eigenvalue weighted by atomic mass is 19.1. The highest BCUT2D eigenvalue weighted by Gasteiger charge is 2.49. The van der Waals surface area contributed by atoms with Crippen molar-refractivity contribution in [2.75, 3.05) is 7.05 Å². The molecule has 0 atom stereocenters. The Hall–Kier alpha value is -5.06. The first-order chi connectivity index (χ1) is 20.6. The van der Waals surface area contributed by atoms with Gasteiger partial charge in [-0.15, -0.1) is 0 Å². The molecule has 1 aliphatic rings. The molecule has 0 bridgehead atoms. The van der Waals surface area contributed by atoms with Gasteiger partial charge in [0.1, 0.15) is 40.5 Å². The van der Waals surface area contributed by atoms with E-state index in [1.807, 2.05) is 0 Å². The van der Waals surface area contributed by atoms with Crippen molar-refractivity contribution in [2.45, 2.75) is 31.5 Å². The van der Waals surface area contributed by atoms with Gasteiger partial charge in [-0.3, -0.25) is 9.59 Å². The van der Waals surface area contributed by atoms with Crippen molar-refractivity contribution >= 4 is 22.8 Å². The highest BCUT2D eigenvalue weighted by molar-refractivity contribution is 6.12. The van der Waals surface area contributed by atoms with Crippen molar-refractivity contribution in [1.82, 2.24) is 20.6 Å². The summed E-state index contributed by atoms with van der Waals surface area (Å²) in [7, 11) is 1.37. The van der Waals surface area contributed by atoms with E-state index < -0.39 is 41.0 Å². The molecule has 5 aromatic rings. The molecule has 43 heavy (non-hydrogen) atoms. The van der Waals surface area contributed by atoms with E-state index in [2.05, 4.69) is 20.6 Å². The van der Waals surface area contributed by atoms with Crippen LogP contribution in [0.4, 0.5) is 17.6 Å². The number of nitrogens with one attached hydrogen (secondary N) is 2. The molecule has 1 fully saturated rings. The number of furan rings is 1. The van der Waals surface area contributed by atoms with Gasteiger partial charge in [0.25, 0.3) is 11.8 Å². The second kappa shape index (κ2) is 10.6. The third kappa shape index (κ3) is 4.80. The zero-order valence-electron chi connectivity index (χ0n) is 23.0. The lowest BCUT2D eigenvalue weighted by Gasteiger charge is -2.43. The first-order valence-corrected chi connectivity index (χ1v) is 13.4. The number of nitrogens with zero attached hydrogens (tertiary/aromatic N) is 2. The maximum Gasteiger partial charge on any atom is 0.255 e. The fourth-order valence-electron chi connectivity index (χ4n) is 5.47. The molecule has 2 aromatic heterocycles. The molecule has 0 spiro atoms. The van der Waals surface area contributed by atoms with Crippen LogP contribution in [0.15, 0.2) is 71.4 Å². The molecule has 11 heteroatoms. The predicted molar refractivity (Wildman–Crippen MR) is 150 cm³/mol. The van der Waals surface area contributed by atoms with Crippen LogP contribution >= 0.6 is 0 Å². The lowest BCUT2D eigenvalue weighted by molar-refractivity contribution is 0.0481. The van der Waals surface area contributed by atoms with Gasteiger partial charge in [-0.1, -0.05) is 0 Å². The summed E-state index contributed by atoms with van der Waals surface area (Å²) >= 11 is 0. The summed E-state index contributed by atoms with van der Waals surface area (Å²) < 4.78 is 65.1. The van der Waals surface area contributed by atoms with Gasteiger partial charge in [0.05, 0.1) is 10.9 Å². The topological polar surface area (TPSA) is 97.1 Å². The van der Waals surface area contributed by atoms with E-state index >= 15 is 8.78 Å². The van der Waals surface area contributed by atoms with Gasteiger partial charge < -0.3 is 15.1 Å². The lowest BCUT2D eigenvalue weighted by atomic mass is 9.74. The summed E-state index contributed by atoms with van der Waals surface area (Å²) in [6.45, 7) is 1.44. The Morgan fingerprint density at radius 2 is 1.65 bits per heavy atom. The quantitative estimate of drug-likeness (QED) is 0.224. The first kappa shape index (κ1) is 28.1. The third-order valence-electron chi connectivity index (χ3n) is 7.74. The Bertz CT molecular complexity index is 1890. The number of carbonyl (C=O) groups excluding carboxylic acids is 2. The molecule has 7 nitrogen and oxygen atoms in total. The molecule has 0 aliphatic heterocycles. The number of halogens is 4. The monoisotopic (exact) mass is 588 g/mol. The Labute approximate surface area is 243 Å². The Morgan fingerprint density at radius 1 is 0.953 bits per heavy atom. The fourth-order valence-corrected chi connectivity index (χ4v) is 5.47. The van der Waals surface area contributed by atoms with Crippen LogP contribution in [0.25, 0.3) is 33.4 Å². The molecule has 2 heterocycles. The van der Waals surface area contributed by atoms with Crippen LogP contribution in [0.5, 0.6) is 0 Å². The second-order valence-electron chi connectivity index (χ2n) is 10.4. The standard InChI is InChI=1S/C32H24F4N4O3/c1-16-22(12-18(13-23(16)35)29(41)40-32(14-20(34)15-32)31-38-10-3-11-39-31)21-8-9-24-25(27(21)36)26(30(42)37-2)28(43-24)17-4-6-19(33)7-5-17/h3-13,20H,14-15H2,1-2H3,(H,37,42)(H,40,41). The third-order valence-corrected chi connectivity index (χ3v) is 7.74. The average molecular weight is 589 g/mol. The molecule has 2 amide bonds. The molecule has 0 unspecified atom stereocenters. The number of hydrogen-bond donors (Lipinski definition) is 2. The molecule has 1 saturated carbocycles. The molecule has 2 N–H and O–H groups in total. The molecule has 0 saturated heterocycles. The molecule has 0 radical (unpaired) electrons. The Balaban J connectivity index is 1.45. The van der Waals surface area contributed by atoms with Crippen LogP contribution < -0.4 is 10.6 Å². The molecular formula is C32H24F4N4O3. The number of hydrogen-bond acceptors (Lipinski definition) is 5. The average Bonchev–Trinajstić information content (AvgIpc) is 3.39. The summed E-state index contributed by atoms with van der Waals surface area (Å²) in [6.07, 6.45) is 1.70. The first-order valence-electron chi connectivity index (χ1n) is 13.4. The normalized spacial score (nSPS) is 17.9. The highest BCUT2D eigenvalue weighted by Crippen LogP contribution is 2.43. The van der Waals surface area contributed by atoms with E-state index in [0.717, 1.165) is 6.07 Å². The van der Waals surface area contributed by atoms with E-state index in [4.69, 9.17) is 4.42 Å². The van der Waals surface area contributed by atoms with E-state index in [-0.39, 0.29) is 63.2 Å². The van der Waals surface area contributed by atoms with Gasteiger partial charge in [0.2, 0.25) is 0 Å². The zero-order chi connectivity index (χ0) is 30.5. The summed E-state index contributed by atoms with van der Waals surface area (Å²) in [4.78, 5) is 34.7. The summed E-state index contributed by atoms with van der Waals surface area (Å²) in [5, 5.41) is 5.07. The maximum atomic E-state index is 16.4. The number of alkyl halides is 1. The summed E-state index contributed by atoms with van der Waals surface area (Å²) in [5.41, 5.74) is -0.969. The van der Waals surface area contributed by atoms with Crippen molar-refractivity contribution < 1.29 is 31.6 Å². The van der Waals surface area contributed by atoms with E-state index in [1.54, 1.807) is 6.07 Å². The second-order valence-corrected chi connectivity index (χ2v) is 10.4. The van der Waals surface area contributed by atoms with Gasteiger partial charge >= 0.3 is 0 Å². The van der Waals surface area contributed by atoms with Crippen LogP contribution in [-0.2, 0) is 5.54 Å². The number of amides is 2. The van der Waals surface area contributed by atoms with Crippen LogP contribution in [0.1, 0.15) is 44.9 Å². The SMILES string of the molecule is CNC(=O)c1c(-c2ccc(F)cc2)oc2ccc(-c3cc(C(=O)NC4(c5ncccn5)CC(F)C4)cc(F)c3C)c(F)c12. The number of carbonyl (C=O) groups is 2. The van der Waals surface area contributed by atoms with Crippen LogP contribution in [-0.4, -0.2) is 35.0 Å². The van der Waals surface area contributed by atoms with Gasteiger partial charge in [-0.2, -0.15) is 0 Å². The minimum atomic E-state index is -1.17. The van der Waals surface area contributed by atoms with Crippen molar-refractivity contribution in [3.63, 3.8) is 0 Å². The minimum absolute atomic E-state index is 0.0292. The minimum Gasteiger partial charge on any atom is -0.455 e. The zero-order valence-corrected chi connectivity index (χ0v) is 23.0. The Morgan fingerprint density at radius 3 is 2.30 bits per heavy atom. The van der Waals surface area contributed by atoms with E-state index in [1.165, 1.54) is 68.8 Å². The number of benzene rings is 3. The maximum absolute atomic E-state index is 16.4.